The molecule has 2 nitrogen and oxygen atoms in total. The molecule has 0 heterocycles. The highest BCUT2D eigenvalue weighted by molar-refractivity contribution is 6.74. The molecule has 0 amide bonds. The summed E-state index contributed by atoms with van der Waals surface area (Å²) in [7, 11) is -1.78. The summed E-state index contributed by atoms with van der Waals surface area (Å²) in [6, 6.07) is 0. The van der Waals surface area contributed by atoms with Crippen LogP contribution in [-0.4, -0.2) is 20.2 Å². The van der Waals surface area contributed by atoms with E-state index in [4.69, 9.17) is 4.43 Å². The molecule has 0 spiro atoms. The molecule has 0 aliphatic carbocycles. The Morgan fingerprint density at radius 3 is 2.19 bits per heavy atom. The topological polar surface area (TPSA) is 26.3 Å². The smallest absolute Gasteiger partial charge is 0.192 e. The Bertz CT molecular complexity index is 262. The van der Waals surface area contributed by atoms with Crippen molar-refractivity contribution in [3.8, 4) is 0 Å². The van der Waals surface area contributed by atoms with Crippen LogP contribution < -0.4 is 0 Å². The minimum absolute atomic E-state index is 0.0524. The maximum absolute atomic E-state index is 11.2. The lowest BCUT2D eigenvalue weighted by atomic mass is 10.2. The van der Waals surface area contributed by atoms with Gasteiger partial charge >= 0.3 is 0 Å². The van der Waals surface area contributed by atoms with Gasteiger partial charge in [-0.25, -0.2) is 0 Å². The first kappa shape index (κ1) is 15.6. The van der Waals surface area contributed by atoms with Gasteiger partial charge in [-0.05, 0) is 32.0 Å². The minimum Gasteiger partial charge on any atom is -0.410 e. The van der Waals surface area contributed by atoms with Crippen LogP contribution in [-0.2, 0) is 9.22 Å². The number of Topliss-reactive ketones (excluding diaryl/α,β-unsaturated/α-hetero) is 1. The molecule has 0 fully saturated rings. The Labute approximate surface area is 101 Å². The summed E-state index contributed by atoms with van der Waals surface area (Å²) in [4.78, 5) is 11.2. The van der Waals surface area contributed by atoms with E-state index in [0.717, 1.165) is 0 Å². The van der Waals surface area contributed by atoms with E-state index < -0.39 is 8.32 Å². The molecule has 0 aliphatic heterocycles. The van der Waals surface area contributed by atoms with Crippen molar-refractivity contribution in [2.45, 2.75) is 65.3 Å². The molecule has 0 aromatic rings. The lowest BCUT2D eigenvalue weighted by Crippen LogP contribution is -2.43. The number of rotatable bonds is 5. The van der Waals surface area contributed by atoms with Gasteiger partial charge in [0.15, 0.2) is 8.32 Å². The first-order chi connectivity index (χ1) is 7.10. The van der Waals surface area contributed by atoms with Crippen LogP contribution >= 0.6 is 0 Å². The number of carbonyl (C=O) groups is 1. The molecule has 16 heavy (non-hydrogen) atoms. The minimum atomic E-state index is -1.78. The molecule has 0 radical (unpaired) electrons. The second-order valence-corrected chi connectivity index (χ2v) is 10.6. The van der Waals surface area contributed by atoms with Crippen LogP contribution in [0.5, 0.6) is 0 Å². The molecular weight excluding hydrogens is 216 g/mol. The quantitative estimate of drug-likeness (QED) is 0.539. The van der Waals surface area contributed by atoms with E-state index in [0.29, 0.717) is 6.42 Å². The zero-order valence-electron chi connectivity index (χ0n) is 11.8. The van der Waals surface area contributed by atoms with Crippen LogP contribution in [0.15, 0.2) is 12.2 Å². The van der Waals surface area contributed by atoms with Crippen molar-refractivity contribution >= 4 is 14.1 Å². The Hall–Kier alpha value is -0.413. The van der Waals surface area contributed by atoms with Crippen LogP contribution in [0.3, 0.4) is 0 Å². The summed E-state index contributed by atoms with van der Waals surface area (Å²) in [6.07, 6.45) is 4.38. The molecule has 0 aromatic carbocycles. The summed E-state index contributed by atoms with van der Waals surface area (Å²) in [5.41, 5.74) is 0. The standard InChI is InChI=1S/C13H26O2Si/c1-8-9-12(10-11(2)14)15-16(6,7)13(3,4)5/h8-9,12H,10H2,1-7H3/b9-8+/t12-/m1/s1. The average Bonchev–Trinajstić information content (AvgIpc) is 1.99. The fourth-order valence-electron chi connectivity index (χ4n) is 1.20. The number of allylic oxidation sites excluding steroid dienone is 1. The predicted octanol–water partition coefficient (Wildman–Crippen LogP) is 3.93. The SMILES string of the molecule is C/C=C/[C@H](CC(C)=O)O[Si](C)(C)C(C)(C)C. The molecule has 0 saturated heterocycles. The number of ketones is 1. The summed E-state index contributed by atoms with van der Waals surface area (Å²) in [5, 5.41) is 0.184. The van der Waals surface area contributed by atoms with Gasteiger partial charge < -0.3 is 4.43 Å². The van der Waals surface area contributed by atoms with E-state index in [2.05, 4.69) is 33.9 Å². The predicted molar refractivity (Wildman–Crippen MR) is 72.2 cm³/mol. The molecule has 0 aliphatic rings. The van der Waals surface area contributed by atoms with Crippen molar-refractivity contribution < 1.29 is 9.22 Å². The number of hydrogen-bond donors (Lipinski definition) is 0. The third kappa shape index (κ3) is 5.08. The van der Waals surface area contributed by atoms with Crippen LogP contribution in [0.1, 0.15) is 41.0 Å². The first-order valence-electron chi connectivity index (χ1n) is 5.90. The maximum Gasteiger partial charge on any atom is 0.192 e. The molecule has 94 valence electrons. The zero-order valence-corrected chi connectivity index (χ0v) is 12.8. The molecule has 0 rings (SSSR count). The third-order valence-corrected chi connectivity index (χ3v) is 7.65. The highest BCUT2D eigenvalue weighted by atomic mass is 28.4. The molecular formula is C13H26O2Si. The van der Waals surface area contributed by atoms with E-state index in [-0.39, 0.29) is 16.9 Å². The van der Waals surface area contributed by atoms with Crippen molar-refractivity contribution in [3.63, 3.8) is 0 Å². The molecule has 3 heteroatoms. The fraction of sp³-hybridized carbons (Fsp3) is 0.769. The van der Waals surface area contributed by atoms with Crippen molar-refractivity contribution in [1.29, 1.82) is 0 Å². The molecule has 1 atom stereocenters. The van der Waals surface area contributed by atoms with E-state index in [9.17, 15) is 4.79 Å². The highest BCUT2D eigenvalue weighted by Gasteiger charge is 2.38. The molecule has 0 bridgehead atoms. The summed E-state index contributed by atoms with van der Waals surface area (Å²) in [6.45, 7) is 14.6. The Morgan fingerprint density at radius 2 is 1.88 bits per heavy atom. The molecule has 0 N–H and O–H groups in total. The van der Waals surface area contributed by atoms with Gasteiger partial charge in [0.1, 0.15) is 5.78 Å². The van der Waals surface area contributed by atoms with Gasteiger partial charge in [-0.1, -0.05) is 32.9 Å². The first-order valence-corrected chi connectivity index (χ1v) is 8.81. The van der Waals surface area contributed by atoms with Crippen molar-refractivity contribution in [1.82, 2.24) is 0 Å². The Kier molecular flexibility index (Phi) is 5.63. The van der Waals surface area contributed by atoms with Crippen LogP contribution in [0.4, 0.5) is 0 Å². The maximum atomic E-state index is 11.2. The van der Waals surface area contributed by atoms with E-state index in [1.807, 2.05) is 19.1 Å². The van der Waals surface area contributed by atoms with Gasteiger partial charge in [0.05, 0.1) is 6.10 Å². The average molecular weight is 242 g/mol. The summed E-state index contributed by atoms with van der Waals surface area (Å²) in [5.74, 6) is 0.182. The Morgan fingerprint density at radius 1 is 1.38 bits per heavy atom. The van der Waals surface area contributed by atoms with E-state index in [1.165, 1.54) is 0 Å². The second kappa shape index (κ2) is 5.78. The van der Waals surface area contributed by atoms with Gasteiger partial charge in [0.2, 0.25) is 0 Å². The lowest BCUT2D eigenvalue weighted by molar-refractivity contribution is -0.118. The molecule has 0 unspecified atom stereocenters. The Balaban J connectivity index is 4.68. The van der Waals surface area contributed by atoms with Crippen LogP contribution in [0.25, 0.3) is 0 Å². The monoisotopic (exact) mass is 242 g/mol. The molecule has 0 saturated carbocycles. The number of hydrogen-bond acceptors (Lipinski definition) is 2. The van der Waals surface area contributed by atoms with Gasteiger partial charge in [0, 0.05) is 6.42 Å². The van der Waals surface area contributed by atoms with Gasteiger partial charge in [0.25, 0.3) is 0 Å². The van der Waals surface area contributed by atoms with Gasteiger partial charge in [-0.15, -0.1) is 0 Å². The fourth-order valence-corrected chi connectivity index (χ4v) is 2.47. The second-order valence-electron chi connectivity index (χ2n) is 5.85. The van der Waals surface area contributed by atoms with E-state index in [1.54, 1.807) is 6.92 Å². The third-order valence-electron chi connectivity index (χ3n) is 3.15. The van der Waals surface area contributed by atoms with Crippen LogP contribution in [0.2, 0.25) is 18.1 Å². The molecule has 0 aromatic heterocycles. The highest BCUT2D eigenvalue weighted by Crippen LogP contribution is 2.37. The van der Waals surface area contributed by atoms with Gasteiger partial charge in [-0.3, -0.25) is 4.79 Å². The van der Waals surface area contributed by atoms with Crippen molar-refractivity contribution in [2.24, 2.45) is 0 Å². The zero-order chi connectivity index (χ0) is 13.0. The summed E-state index contributed by atoms with van der Waals surface area (Å²) >= 11 is 0. The largest absolute Gasteiger partial charge is 0.410 e. The van der Waals surface area contributed by atoms with Crippen molar-refractivity contribution in [2.75, 3.05) is 0 Å². The number of carbonyl (C=O) groups excluding carboxylic acids is 1. The van der Waals surface area contributed by atoms with E-state index >= 15 is 0 Å². The lowest BCUT2D eigenvalue weighted by Gasteiger charge is -2.38. The van der Waals surface area contributed by atoms with Crippen LogP contribution in [0, 0.1) is 0 Å². The normalized spacial score (nSPS) is 15.4. The van der Waals surface area contributed by atoms with Gasteiger partial charge in [-0.2, -0.15) is 0 Å². The summed E-state index contributed by atoms with van der Waals surface area (Å²) < 4.78 is 6.18. The van der Waals surface area contributed by atoms with Crippen molar-refractivity contribution in [3.05, 3.63) is 12.2 Å².